The number of hydrogen-bond donors (Lipinski definition) is 1. The summed E-state index contributed by atoms with van der Waals surface area (Å²) in [5, 5.41) is 14.0. The van der Waals surface area contributed by atoms with E-state index in [0.717, 1.165) is 25.2 Å². The van der Waals surface area contributed by atoms with Crippen LogP contribution in [-0.2, 0) is 4.74 Å². The summed E-state index contributed by atoms with van der Waals surface area (Å²) >= 11 is 0. The summed E-state index contributed by atoms with van der Waals surface area (Å²) in [6.07, 6.45) is 1.03. The zero-order valence-electron chi connectivity index (χ0n) is 9.76. The van der Waals surface area contributed by atoms with Crippen molar-refractivity contribution in [1.82, 2.24) is 5.32 Å². The van der Waals surface area contributed by atoms with Crippen LogP contribution >= 0.6 is 0 Å². The number of benzene rings is 1. The van der Waals surface area contributed by atoms with E-state index in [2.05, 4.69) is 12.2 Å². The normalized spacial score (nSPS) is 21.4. The van der Waals surface area contributed by atoms with Gasteiger partial charge in [0, 0.05) is 30.8 Å². The highest BCUT2D eigenvalue weighted by molar-refractivity contribution is 5.34. The van der Waals surface area contributed by atoms with E-state index in [-0.39, 0.29) is 16.7 Å². The van der Waals surface area contributed by atoms with Gasteiger partial charge in [0.15, 0.2) is 0 Å². The second kappa shape index (κ2) is 5.25. The van der Waals surface area contributed by atoms with Crippen molar-refractivity contribution in [2.75, 3.05) is 13.2 Å². The fourth-order valence-electron chi connectivity index (χ4n) is 2.00. The Morgan fingerprint density at radius 1 is 1.47 bits per heavy atom. The highest BCUT2D eigenvalue weighted by Crippen LogP contribution is 2.19. The van der Waals surface area contributed by atoms with Crippen molar-refractivity contribution in [3.05, 3.63) is 39.9 Å². The first-order valence-electron chi connectivity index (χ1n) is 5.75. The summed E-state index contributed by atoms with van der Waals surface area (Å²) in [4.78, 5) is 10.2. The molecule has 1 aromatic rings. The zero-order valence-corrected chi connectivity index (χ0v) is 9.76. The minimum Gasteiger partial charge on any atom is -0.380 e. The fraction of sp³-hybridized carbons (Fsp3) is 0.500. The Hall–Kier alpha value is -1.46. The summed E-state index contributed by atoms with van der Waals surface area (Å²) in [7, 11) is 0. The van der Waals surface area contributed by atoms with Crippen LogP contribution in [0.25, 0.3) is 0 Å². The molecule has 0 bridgehead atoms. The lowest BCUT2D eigenvalue weighted by Crippen LogP contribution is -2.31. The van der Waals surface area contributed by atoms with Crippen LogP contribution in [0.2, 0.25) is 0 Å². The lowest BCUT2D eigenvalue weighted by molar-refractivity contribution is -0.384. The predicted molar refractivity (Wildman–Crippen MR) is 63.9 cm³/mol. The summed E-state index contributed by atoms with van der Waals surface area (Å²) in [5.41, 5.74) is 1.19. The van der Waals surface area contributed by atoms with E-state index in [4.69, 9.17) is 4.74 Å². The first-order chi connectivity index (χ1) is 8.16. The topological polar surface area (TPSA) is 64.4 Å². The number of ether oxygens (including phenoxy) is 1. The van der Waals surface area contributed by atoms with Gasteiger partial charge in [-0.15, -0.1) is 0 Å². The van der Waals surface area contributed by atoms with Crippen molar-refractivity contribution in [2.24, 2.45) is 0 Å². The van der Waals surface area contributed by atoms with Crippen molar-refractivity contribution in [3.63, 3.8) is 0 Å². The Labute approximate surface area is 99.9 Å². The molecule has 5 heteroatoms. The Morgan fingerprint density at radius 3 is 2.71 bits per heavy atom. The molecule has 1 aromatic carbocycles. The van der Waals surface area contributed by atoms with E-state index in [1.807, 2.05) is 0 Å². The van der Waals surface area contributed by atoms with Crippen LogP contribution in [0.15, 0.2) is 24.3 Å². The molecule has 0 radical (unpaired) electrons. The maximum atomic E-state index is 10.5. The van der Waals surface area contributed by atoms with Crippen molar-refractivity contribution < 1.29 is 9.66 Å². The summed E-state index contributed by atoms with van der Waals surface area (Å²) in [6, 6.07) is 7.25. The second-order valence-electron chi connectivity index (χ2n) is 4.30. The molecule has 1 N–H and O–H groups in total. The molecular formula is C12H16N2O3. The maximum absolute atomic E-state index is 10.5. The Morgan fingerprint density at radius 2 is 2.18 bits per heavy atom. The number of nitrogens with one attached hydrogen (secondary N) is 1. The Balaban J connectivity index is 1.98. The molecule has 0 amide bonds. The van der Waals surface area contributed by atoms with Gasteiger partial charge >= 0.3 is 0 Å². The number of nitro benzene ring substituents is 1. The predicted octanol–water partition coefficient (Wildman–Crippen LogP) is 2.03. The van der Waals surface area contributed by atoms with Crippen LogP contribution < -0.4 is 5.32 Å². The van der Waals surface area contributed by atoms with Gasteiger partial charge < -0.3 is 10.1 Å². The molecule has 1 fully saturated rings. The largest absolute Gasteiger partial charge is 0.380 e. The van der Waals surface area contributed by atoms with Crippen LogP contribution in [0.5, 0.6) is 0 Å². The van der Waals surface area contributed by atoms with Gasteiger partial charge in [-0.05, 0) is 18.9 Å². The molecule has 2 unspecified atom stereocenters. The maximum Gasteiger partial charge on any atom is 0.269 e. The monoisotopic (exact) mass is 236 g/mol. The van der Waals surface area contributed by atoms with Gasteiger partial charge in [-0.1, -0.05) is 12.1 Å². The van der Waals surface area contributed by atoms with E-state index in [9.17, 15) is 10.1 Å². The van der Waals surface area contributed by atoms with E-state index >= 15 is 0 Å². The molecule has 1 heterocycles. The van der Waals surface area contributed by atoms with Crippen LogP contribution in [0.3, 0.4) is 0 Å². The van der Waals surface area contributed by atoms with Crippen molar-refractivity contribution in [1.29, 1.82) is 0 Å². The molecule has 2 atom stereocenters. The molecule has 17 heavy (non-hydrogen) atoms. The number of rotatable bonds is 4. The first-order valence-corrected chi connectivity index (χ1v) is 5.75. The smallest absolute Gasteiger partial charge is 0.269 e. The van der Waals surface area contributed by atoms with E-state index in [0.29, 0.717) is 6.04 Å². The third kappa shape index (κ3) is 3.01. The fourth-order valence-corrected chi connectivity index (χ4v) is 2.00. The molecule has 0 aliphatic carbocycles. The lowest BCUT2D eigenvalue weighted by Gasteiger charge is -2.18. The highest BCUT2D eigenvalue weighted by atomic mass is 16.6. The molecule has 0 aromatic heterocycles. The van der Waals surface area contributed by atoms with Gasteiger partial charge in [0.25, 0.3) is 5.69 Å². The van der Waals surface area contributed by atoms with Crippen LogP contribution in [0.1, 0.15) is 24.9 Å². The van der Waals surface area contributed by atoms with Crippen molar-refractivity contribution >= 4 is 5.69 Å². The van der Waals surface area contributed by atoms with Gasteiger partial charge in [0.1, 0.15) is 0 Å². The highest BCUT2D eigenvalue weighted by Gasteiger charge is 2.18. The molecule has 1 aliphatic heterocycles. The Bertz CT molecular complexity index is 385. The third-order valence-corrected chi connectivity index (χ3v) is 3.02. The van der Waals surface area contributed by atoms with Crippen LogP contribution in [0.4, 0.5) is 5.69 Å². The van der Waals surface area contributed by atoms with Crippen molar-refractivity contribution in [3.8, 4) is 0 Å². The molecule has 1 aliphatic rings. The second-order valence-corrected chi connectivity index (χ2v) is 4.30. The summed E-state index contributed by atoms with van der Waals surface area (Å²) in [6.45, 7) is 3.61. The molecule has 1 saturated heterocycles. The average molecular weight is 236 g/mol. The first kappa shape index (κ1) is 12.0. The number of nitro groups is 1. The molecule has 0 spiro atoms. The minimum atomic E-state index is -0.382. The van der Waals surface area contributed by atoms with E-state index in [1.54, 1.807) is 24.3 Å². The quantitative estimate of drug-likeness (QED) is 0.641. The SMILES string of the molecule is CC(NC1CCOC1)c1ccc([N+](=O)[O-])cc1. The van der Waals surface area contributed by atoms with E-state index in [1.165, 1.54) is 0 Å². The number of hydrogen-bond acceptors (Lipinski definition) is 4. The van der Waals surface area contributed by atoms with Gasteiger partial charge in [-0.25, -0.2) is 0 Å². The van der Waals surface area contributed by atoms with Gasteiger partial charge in [0.05, 0.1) is 11.5 Å². The average Bonchev–Trinajstić information content (AvgIpc) is 2.82. The molecule has 5 nitrogen and oxygen atoms in total. The molecule has 0 saturated carbocycles. The van der Waals surface area contributed by atoms with Gasteiger partial charge in [0.2, 0.25) is 0 Å². The summed E-state index contributed by atoms with van der Waals surface area (Å²) < 4.78 is 5.29. The third-order valence-electron chi connectivity index (χ3n) is 3.02. The zero-order chi connectivity index (χ0) is 12.3. The number of non-ortho nitro benzene ring substituents is 1. The molecular weight excluding hydrogens is 220 g/mol. The minimum absolute atomic E-state index is 0.130. The van der Waals surface area contributed by atoms with Gasteiger partial charge in [-0.2, -0.15) is 0 Å². The van der Waals surface area contributed by atoms with E-state index < -0.39 is 0 Å². The molecule has 2 rings (SSSR count). The number of nitrogens with zero attached hydrogens (tertiary/aromatic N) is 1. The molecule has 92 valence electrons. The summed E-state index contributed by atoms with van der Waals surface area (Å²) in [5.74, 6) is 0. The lowest BCUT2D eigenvalue weighted by atomic mass is 10.1. The van der Waals surface area contributed by atoms with Crippen LogP contribution in [0, 0.1) is 10.1 Å². The van der Waals surface area contributed by atoms with Gasteiger partial charge in [-0.3, -0.25) is 10.1 Å². The van der Waals surface area contributed by atoms with Crippen LogP contribution in [-0.4, -0.2) is 24.2 Å². The Kier molecular flexibility index (Phi) is 3.71. The standard InChI is InChI=1S/C12H16N2O3/c1-9(13-11-6-7-17-8-11)10-2-4-12(5-3-10)14(15)16/h2-5,9,11,13H,6-8H2,1H3. The van der Waals surface area contributed by atoms with Crippen molar-refractivity contribution in [2.45, 2.75) is 25.4 Å².